The topological polar surface area (TPSA) is 61.9 Å². The summed E-state index contributed by atoms with van der Waals surface area (Å²) in [5.41, 5.74) is 1.02. The van der Waals surface area contributed by atoms with Crippen LogP contribution >= 0.6 is 34.9 Å². The molecule has 0 aliphatic carbocycles. The van der Waals surface area contributed by atoms with Gasteiger partial charge in [0.25, 0.3) is 0 Å². The van der Waals surface area contributed by atoms with Gasteiger partial charge in [0.05, 0.1) is 16.3 Å². The van der Waals surface area contributed by atoms with Crippen LogP contribution < -0.4 is 4.90 Å². The molecule has 1 amide bonds. The molecule has 3 heterocycles. The number of hydrogen-bond donors (Lipinski definition) is 1. The number of thiophene rings is 1. The summed E-state index contributed by atoms with van der Waals surface area (Å²) in [6.45, 7) is 2.96. The van der Waals surface area contributed by atoms with E-state index >= 15 is 0 Å². The van der Waals surface area contributed by atoms with Gasteiger partial charge in [0, 0.05) is 16.7 Å². The van der Waals surface area contributed by atoms with Crippen molar-refractivity contribution in [2.24, 2.45) is 0 Å². The van der Waals surface area contributed by atoms with E-state index in [0.29, 0.717) is 16.2 Å². The van der Waals surface area contributed by atoms with Crippen molar-refractivity contribution in [1.82, 2.24) is 15.2 Å². The lowest BCUT2D eigenvalue weighted by Crippen LogP contribution is -2.33. The van der Waals surface area contributed by atoms with Crippen molar-refractivity contribution in [3.63, 3.8) is 0 Å². The molecule has 5 nitrogen and oxygen atoms in total. The second-order valence-corrected chi connectivity index (χ2v) is 9.33. The maximum Gasteiger partial charge on any atom is 0.237 e. The SMILES string of the molecule is C[C@@H]1CCN(C(=O)CSc2n[nH]c(-c3cccs3)n2)c2ccccc2S1. The van der Waals surface area contributed by atoms with Gasteiger partial charge >= 0.3 is 0 Å². The first-order chi connectivity index (χ1) is 12.7. The molecule has 8 heteroatoms. The van der Waals surface area contributed by atoms with Crippen molar-refractivity contribution >= 4 is 46.5 Å². The minimum atomic E-state index is 0.0969. The smallest absolute Gasteiger partial charge is 0.237 e. The summed E-state index contributed by atoms with van der Waals surface area (Å²) < 4.78 is 0. The van der Waals surface area contributed by atoms with E-state index in [9.17, 15) is 4.79 Å². The lowest BCUT2D eigenvalue weighted by atomic mass is 10.2. The van der Waals surface area contributed by atoms with Gasteiger partial charge in [0.1, 0.15) is 0 Å². The van der Waals surface area contributed by atoms with Gasteiger partial charge in [-0.15, -0.1) is 28.2 Å². The predicted octanol–water partition coefficient (Wildman–Crippen LogP) is 4.54. The van der Waals surface area contributed by atoms with Crippen molar-refractivity contribution in [2.75, 3.05) is 17.2 Å². The Kier molecular flexibility index (Phi) is 5.33. The quantitative estimate of drug-likeness (QED) is 0.649. The van der Waals surface area contributed by atoms with Gasteiger partial charge in [-0.2, -0.15) is 0 Å². The molecule has 1 N–H and O–H groups in total. The number of thioether (sulfide) groups is 2. The third-order valence-electron chi connectivity index (χ3n) is 4.09. The van der Waals surface area contributed by atoms with Gasteiger partial charge in [-0.25, -0.2) is 4.98 Å². The first kappa shape index (κ1) is 17.6. The number of fused-ring (bicyclic) bond motifs is 1. The number of amides is 1. The van der Waals surface area contributed by atoms with Crippen LogP contribution in [0.3, 0.4) is 0 Å². The average molecular weight is 403 g/mol. The molecule has 1 aliphatic rings. The number of benzene rings is 1. The highest BCUT2D eigenvalue weighted by Crippen LogP contribution is 2.37. The number of anilines is 1. The zero-order valence-electron chi connectivity index (χ0n) is 14.2. The van der Waals surface area contributed by atoms with E-state index in [0.717, 1.165) is 29.4 Å². The molecule has 0 fully saturated rings. The molecule has 0 saturated heterocycles. The molecular formula is C18H18N4OS3. The van der Waals surface area contributed by atoms with E-state index in [1.54, 1.807) is 11.3 Å². The Morgan fingerprint density at radius 1 is 1.35 bits per heavy atom. The van der Waals surface area contributed by atoms with Gasteiger partial charge in [0.15, 0.2) is 5.82 Å². The Morgan fingerprint density at radius 2 is 2.23 bits per heavy atom. The minimum absolute atomic E-state index is 0.0969. The van der Waals surface area contributed by atoms with E-state index in [-0.39, 0.29) is 5.91 Å². The number of nitrogens with one attached hydrogen (secondary N) is 1. The van der Waals surface area contributed by atoms with Gasteiger partial charge in [-0.1, -0.05) is 36.9 Å². The van der Waals surface area contributed by atoms with Crippen LogP contribution in [0.25, 0.3) is 10.7 Å². The van der Waals surface area contributed by atoms with Crippen LogP contribution in [0, 0.1) is 0 Å². The third-order valence-corrected chi connectivity index (χ3v) is 7.03. The number of carbonyl (C=O) groups is 1. The van der Waals surface area contributed by atoms with Gasteiger partial charge < -0.3 is 4.90 Å². The second-order valence-electron chi connectivity index (χ2n) is 5.96. The van der Waals surface area contributed by atoms with E-state index in [1.807, 2.05) is 52.4 Å². The van der Waals surface area contributed by atoms with Crippen LogP contribution in [0.2, 0.25) is 0 Å². The predicted molar refractivity (Wildman–Crippen MR) is 109 cm³/mol. The number of para-hydroxylation sites is 1. The highest BCUT2D eigenvalue weighted by molar-refractivity contribution is 8.00. The number of carbonyl (C=O) groups excluding carboxylic acids is 1. The summed E-state index contributed by atoms with van der Waals surface area (Å²) in [7, 11) is 0. The molecule has 26 heavy (non-hydrogen) atoms. The Balaban J connectivity index is 1.45. The molecule has 3 aromatic rings. The molecule has 0 saturated carbocycles. The number of H-pyrrole nitrogens is 1. The molecule has 4 rings (SSSR count). The average Bonchev–Trinajstić information content (AvgIpc) is 3.29. The van der Waals surface area contributed by atoms with Crippen molar-refractivity contribution in [1.29, 1.82) is 0 Å². The molecule has 1 atom stereocenters. The van der Waals surface area contributed by atoms with Crippen molar-refractivity contribution < 1.29 is 4.79 Å². The van der Waals surface area contributed by atoms with E-state index in [1.165, 1.54) is 16.7 Å². The summed E-state index contributed by atoms with van der Waals surface area (Å²) in [6.07, 6.45) is 0.985. The van der Waals surface area contributed by atoms with Crippen LogP contribution in [0.4, 0.5) is 5.69 Å². The fourth-order valence-electron chi connectivity index (χ4n) is 2.78. The van der Waals surface area contributed by atoms with Crippen LogP contribution in [-0.2, 0) is 4.79 Å². The zero-order chi connectivity index (χ0) is 17.9. The molecule has 0 unspecified atom stereocenters. The number of aromatic nitrogens is 3. The number of hydrogen-bond acceptors (Lipinski definition) is 6. The Hall–Kier alpha value is -1.77. The van der Waals surface area contributed by atoms with E-state index < -0.39 is 0 Å². The van der Waals surface area contributed by atoms with Crippen LogP contribution in [-0.4, -0.2) is 38.6 Å². The summed E-state index contributed by atoms with van der Waals surface area (Å²) in [5, 5.41) is 10.3. The molecule has 1 aromatic carbocycles. The molecule has 0 spiro atoms. The highest BCUT2D eigenvalue weighted by atomic mass is 32.2. The number of aromatic amines is 1. The Labute approximate surface area is 164 Å². The van der Waals surface area contributed by atoms with Crippen LogP contribution in [0.1, 0.15) is 13.3 Å². The lowest BCUT2D eigenvalue weighted by molar-refractivity contribution is -0.116. The van der Waals surface area contributed by atoms with Crippen molar-refractivity contribution in [2.45, 2.75) is 28.6 Å². The highest BCUT2D eigenvalue weighted by Gasteiger charge is 2.24. The molecule has 2 aromatic heterocycles. The van der Waals surface area contributed by atoms with Gasteiger partial charge in [-0.3, -0.25) is 9.89 Å². The molecule has 0 bridgehead atoms. The first-order valence-corrected chi connectivity index (χ1v) is 11.1. The number of rotatable bonds is 4. The maximum atomic E-state index is 12.9. The fourth-order valence-corrected chi connectivity index (χ4v) is 5.24. The van der Waals surface area contributed by atoms with Crippen molar-refractivity contribution in [3.8, 4) is 10.7 Å². The largest absolute Gasteiger partial charge is 0.311 e. The summed E-state index contributed by atoms with van der Waals surface area (Å²) in [4.78, 5) is 21.5. The summed E-state index contributed by atoms with van der Waals surface area (Å²) >= 11 is 4.83. The minimum Gasteiger partial charge on any atom is -0.311 e. The fraction of sp³-hybridized carbons (Fsp3) is 0.278. The van der Waals surface area contributed by atoms with Crippen LogP contribution in [0.15, 0.2) is 51.8 Å². The second kappa shape index (κ2) is 7.85. The molecule has 0 radical (unpaired) electrons. The summed E-state index contributed by atoms with van der Waals surface area (Å²) in [6, 6.07) is 12.1. The molecule has 1 aliphatic heterocycles. The monoisotopic (exact) mass is 402 g/mol. The summed E-state index contributed by atoms with van der Waals surface area (Å²) in [5.74, 6) is 1.18. The zero-order valence-corrected chi connectivity index (χ0v) is 16.7. The van der Waals surface area contributed by atoms with Crippen LogP contribution in [0.5, 0.6) is 0 Å². The maximum absolute atomic E-state index is 12.9. The number of nitrogens with zero attached hydrogens (tertiary/aromatic N) is 3. The normalized spacial score (nSPS) is 17.0. The third kappa shape index (κ3) is 3.82. The first-order valence-electron chi connectivity index (χ1n) is 8.36. The van der Waals surface area contributed by atoms with Gasteiger partial charge in [-0.05, 0) is 30.0 Å². The Morgan fingerprint density at radius 3 is 3.08 bits per heavy atom. The van der Waals surface area contributed by atoms with E-state index in [4.69, 9.17) is 0 Å². The van der Waals surface area contributed by atoms with Crippen molar-refractivity contribution in [3.05, 3.63) is 41.8 Å². The Bertz CT molecular complexity index is 893. The lowest BCUT2D eigenvalue weighted by Gasteiger charge is -2.22. The molecular weight excluding hydrogens is 384 g/mol. The molecule has 134 valence electrons. The standard InChI is InChI=1S/C18H18N4OS3/c1-12-8-9-22(13-5-2-3-6-14(13)26-12)16(23)11-25-18-19-17(20-21-18)15-7-4-10-24-15/h2-7,10,12H,8-9,11H2,1H3,(H,19,20,21)/t12-/m1/s1. The van der Waals surface area contributed by atoms with Gasteiger partial charge in [0.2, 0.25) is 11.1 Å². The van der Waals surface area contributed by atoms with E-state index in [2.05, 4.69) is 28.2 Å².